The average molecular weight is 631 g/mol. The Kier molecular flexibility index (Phi) is 8.50. The molecule has 1 saturated carbocycles. The first-order valence-electron chi connectivity index (χ1n) is 15.5. The summed E-state index contributed by atoms with van der Waals surface area (Å²) >= 11 is 0. The predicted octanol–water partition coefficient (Wildman–Crippen LogP) is 7.05. The third-order valence-corrected chi connectivity index (χ3v) is 8.47. The highest BCUT2D eigenvalue weighted by Gasteiger charge is 2.38. The Balaban J connectivity index is 1.38. The maximum Gasteiger partial charge on any atom is 0.407 e. The van der Waals surface area contributed by atoms with E-state index in [-0.39, 0.29) is 48.0 Å². The van der Waals surface area contributed by atoms with Crippen molar-refractivity contribution in [1.29, 1.82) is 0 Å². The SMILES string of the molecule is COc1ccc(CN2Cc3c(F)c(N[C@@H]4CCCCC4NC(=O)OC(C)(C)C)nc(-c4coc5ccccc45)c3C2=O)c(OC)c1. The highest BCUT2D eigenvalue weighted by atomic mass is 19.1. The fourth-order valence-corrected chi connectivity index (χ4v) is 6.29. The zero-order valence-electron chi connectivity index (χ0n) is 26.7. The maximum atomic E-state index is 16.5. The molecular weight excluding hydrogens is 591 g/mol. The zero-order chi connectivity index (χ0) is 32.6. The first-order chi connectivity index (χ1) is 22.1. The van der Waals surface area contributed by atoms with Crippen LogP contribution in [0.25, 0.3) is 22.2 Å². The number of benzene rings is 2. The standard InChI is InChI=1S/C35H39FN4O6/c1-35(2,3)46-34(42)38-26-12-8-7-11-25(26)37-32-30(36)23-18-40(17-20-14-15-21(43-4)16-28(20)44-5)33(41)29(23)31(39-32)24-19-45-27-13-9-6-10-22(24)27/h6,9-10,13-16,19,25-26H,7-8,11-12,17-18H2,1-5H3,(H,37,39)(H,38,42)/t25-,26?/m1/s1. The van der Waals surface area contributed by atoms with Crippen LogP contribution in [0.1, 0.15) is 67.9 Å². The van der Waals surface area contributed by atoms with Crippen LogP contribution in [0.2, 0.25) is 0 Å². The van der Waals surface area contributed by atoms with E-state index in [1.807, 2.05) is 51.1 Å². The van der Waals surface area contributed by atoms with Gasteiger partial charge in [0, 0.05) is 40.7 Å². The summed E-state index contributed by atoms with van der Waals surface area (Å²) in [6.07, 6.45) is 4.28. The molecule has 2 amide bonds. The number of carbonyl (C=O) groups is 2. The van der Waals surface area contributed by atoms with Gasteiger partial charge in [-0.3, -0.25) is 4.79 Å². The van der Waals surface area contributed by atoms with Gasteiger partial charge in [0.1, 0.15) is 28.9 Å². The Hall–Kier alpha value is -4.80. The number of alkyl carbamates (subject to hydrolysis) is 1. The number of hydrogen-bond acceptors (Lipinski definition) is 8. The van der Waals surface area contributed by atoms with Crippen LogP contribution in [0.5, 0.6) is 11.5 Å². The van der Waals surface area contributed by atoms with E-state index >= 15 is 4.39 Å². The number of anilines is 1. The van der Waals surface area contributed by atoms with Gasteiger partial charge in [-0.2, -0.15) is 0 Å². The van der Waals surface area contributed by atoms with E-state index in [0.29, 0.717) is 41.2 Å². The van der Waals surface area contributed by atoms with Crippen LogP contribution < -0.4 is 20.1 Å². The Labute approximate surface area is 267 Å². The molecule has 1 aliphatic carbocycles. The molecule has 6 rings (SSSR count). The molecule has 1 unspecified atom stereocenters. The summed E-state index contributed by atoms with van der Waals surface area (Å²) in [6.45, 7) is 5.66. The van der Waals surface area contributed by atoms with Crippen molar-refractivity contribution < 1.29 is 32.6 Å². The molecule has 1 aliphatic heterocycles. The zero-order valence-corrected chi connectivity index (χ0v) is 26.7. The molecule has 2 aliphatic rings. The number of nitrogens with zero attached hydrogens (tertiary/aromatic N) is 2. The molecule has 3 heterocycles. The summed E-state index contributed by atoms with van der Waals surface area (Å²) in [5.74, 6) is 0.280. The Bertz CT molecular complexity index is 1780. The minimum absolute atomic E-state index is 0.0265. The highest BCUT2D eigenvalue weighted by molar-refractivity contribution is 6.07. The summed E-state index contributed by atoms with van der Waals surface area (Å²) in [5.41, 5.74) is 2.13. The van der Waals surface area contributed by atoms with E-state index in [0.717, 1.165) is 23.8 Å². The lowest BCUT2D eigenvalue weighted by molar-refractivity contribution is 0.0488. The predicted molar refractivity (Wildman–Crippen MR) is 172 cm³/mol. The van der Waals surface area contributed by atoms with Crippen LogP contribution >= 0.6 is 0 Å². The van der Waals surface area contributed by atoms with Crippen molar-refractivity contribution in [2.24, 2.45) is 0 Å². The van der Waals surface area contributed by atoms with Crippen molar-refractivity contribution in [2.45, 2.75) is 77.2 Å². The van der Waals surface area contributed by atoms with Crippen LogP contribution in [-0.2, 0) is 17.8 Å². The summed E-state index contributed by atoms with van der Waals surface area (Å²) in [7, 11) is 3.12. The Morgan fingerprint density at radius 3 is 2.59 bits per heavy atom. The molecule has 0 radical (unpaired) electrons. The van der Waals surface area contributed by atoms with E-state index in [2.05, 4.69) is 10.6 Å². The number of amides is 2. The van der Waals surface area contributed by atoms with Crippen molar-refractivity contribution >= 4 is 28.8 Å². The van der Waals surface area contributed by atoms with E-state index in [9.17, 15) is 9.59 Å². The Morgan fingerprint density at radius 2 is 1.85 bits per heavy atom. The molecule has 2 atom stereocenters. The lowest BCUT2D eigenvalue weighted by Gasteiger charge is -2.34. The van der Waals surface area contributed by atoms with Gasteiger partial charge in [-0.15, -0.1) is 0 Å². The average Bonchev–Trinajstić information content (AvgIpc) is 3.60. The number of aromatic nitrogens is 1. The first kappa shape index (κ1) is 31.2. The van der Waals surface area contributed by atoms with Gasteiger partial charge in [0.05, 0.1) is 38.1 Å². The normalized spacial score (nSPS) is 18.0. The smallest absolute Gasteiger partial charge is 0.407 e. The fourth-order valence-electron chi connectivity index (χ4n) is 6.29. The lowest BCUT2D eigenvalue weighted by Crippen LogP contribution is -2.50. The van der Waals surface area contributed by atoms with Gasteiger partial charge >= 0.3 is 6.09 Å². The number of furan rings is 1. The van der Waals surface area contributed by atoms with Crippen LogP contribution in [0.3, 0.4) is 0 Å². The second-order valence-corrected chi connectivity index (χ2v) is 12.7. The van der Waals surface area contributed by atoms with Gasteiger partial charge in [-0.05, 0) is 51.8 Å². The maximum absolute atomic E-state index is 16.5. The number of pyridine rings is 1. The van der Waals surface area contributed by atoms with Crippen molar-refractivity contribution in [3.8, 4) is 22.8 Å². The third kappa shape index (κ3) is 6.18. The molecular formula is C35H39FN4O6. The fraction of sp³-hybridized carbons (Fsp3) is 0.400. The lowest BCUT2D eigenvalue weighted by atomic mass is 9.90. The van der Waals surface area contributed by atoms with Crippen LogP contribution in [0.15, 0.2) is 53.1 Å². The molecule has 2 N–H and O–H groups in total. The number of nitrogens with one attached hydrogen (secondary N) is 2. The van der Waals surface area contributed by atoms with Gasteiger partial charge in [-0.1, -0.05) is 31.0 Å². The number of halogens is 1. The van der Waals surface area contributed by atoms with Gasteiger partial charge in [-0.25, -0.2) is 14.2 Å². The molecule has 4 aromatic rings. The minimum Gasteiger partial charge on any atom is -0.497 e. The number of fused-ring (bicyclic) bond motifs is 2. The second-order valence-electron chi connectivity index (χ2n) is 12.7. The monoisotopic (exact) mass is 630 g/mol. The van der Waals surface area contributed by atoms with Gasteiger partial charge in [0.2, 0.25) is 0 Å². The number of ether oxygens (including phenoxy) is 3. The van der Waals surface area contributed by atoms with Crippen molar-refractivity contribution in [1.82, 2.24) is 15.2 Å². The second kappa shape index (κ2) is 12.5. The number of para-hydroxylation sites is 1. The topological polar surface area (TPSA) is 115 Å². The van der Waals surface area contributed by atoms with Crippen molar-refractivity contribution in [3.63, 3.8) is 0 Å². The highest BCUT2D eigenvalue weighted by Crippen LogP contribution is 2.40. The van der Waals surface area contributed by atoms with Crippen LogP contribution in [0, 0.1) is 5.82 Å². The molecule has 0 bridgehead atoms. The van der Waals surface area contributed by atoms with Gasteiger partial charge in [0.15, 0.2) is 11.6 Å². The van der Waals surface area contributed by atoms with Crippen molar-refractivity contribution in [2.75, 3.05) is 19.5 Å². The molecule has 0 spiro atoms. The molecule has 0 saturated heterocycles. The van der Waals surface area contributed by atoms with Gasteiger partial charge < -0.3 is 34.2 Å². The summed E-state index contributed by atoms with van der Waals surface area (Å²) < 4.78 is 38.7. The van der Waals surface area contributed by atoms with Gasteiger partial charge in [0.25, 0.3) is 5.91 Å². The molecule has 11 heteroatoms. The minimum atomic E-state index is -0.647. The van der Waals surface area contributed by atoms with Crippen molar-refractivity contribution in [3.05, 3.63) is 71.2 Å². The van der Waals surface area contributed by atoms with Crippen LogP contribution in [0.4, 0.5) is 15.0 Å². The number of rotatable bonds is 8. The number of methoxy groups -OCH3 is 2. The first-order valence-corrected chi connectivity index (χ1v) is 15.5. The third-order valence-electron chi connectivity index (χ3n) is 8.47. The van der Waals surface area contributed by atoms with E-state index in [1.165, 1.54) is 0 Å². The van der Waals surface area contributed by atoms with E-state index < -0.39 is 17.5 Å². The molecule has 2 aromatic carbocycles. The number of carbonyl (C=O) groups excluding carboxylic acids is 2. The molecule has 46 heavy (non-hydrogen) atoms. The largest absolute Gasteiger partial charge is 0.497 e. The number of hydrogen-bond donors (Lipinski definition) is 2. The quantitative estimate of drug-likeness (QED) is 0.213. The molecule has 2 aromatic heterocycles. The molecule has 1 fully saturated rings. The molecule has 242 valence electrons. The summed E-state index contributed by atoms with van der Waals surface area (Å²) in [6, 6.07) is 12.3. The summed E-state index contributed by atoms with van der Waals surface area (Å²) in [4.78, 5) is 33.1. The summed E-state index contributed by atoms with van der Waals surface area (Å²) in [5, 5.41) is 7.04. The molecule has 10 nitrogen and oxygen atoms in total. The van der Waals surface area contributed by atoms with E-state index in [4.69, 9.17) is 23.6 Å². The van der Waals surface area contributed by atoms with Crippen LogP contribution in [-0.4, -0.2) is 53.8 Å². The Morgan fingerprint density at radius 1 is 1.09 bits per heavy atom. The van der Waals surface area contributed by atoms with E-state index in [1.54, 1.807) is 37.5 Å².